The molecular formula is C21H15N5O3S3. The standard InChI is InChI=1S/C21H15N5O3S3/c1-13-25-17-4-3-16(9-19(17)30-13)32(28,29)26-6-7-31(27)20-5-2-14(8-18(20)26)15-11-23-21(10-22)24-12-15/h2-5,8-9,11-12H,6-7H2,1H3. The van der Waals surface area contributed by atoms with Crippen LogP contribution in [0, 0.1) is 18.3 Å². The molecule has 32 heavy (non-hydrogen) atoms. The van der Waals surface area contributed by atoms with Crippen LogP contribution in [0.25, 0.3) is 21.3 Å². The molecule has 2 aromatic carbocycles. The van der Waals surface area contributed by atoms with Gasteiger partial charge in [0.15, 0.2) is 4.90 Å². The Bertz CT molecular complexity index is 1490. The zero-order valence-corrected chi connectivity index (χ0v) is 19.2. The Kier molecular flexibility index (Phi) is 5.10. The van der Waals surface area contributed by atoms with Crippen LogP contribution in [0.2, 0.25) is 0 Å². The first-order valence-electron chi connectivity index (χ1n) is 9.52. The predicted molar refractivity (Wildman–Crippen MR) is 122 cm³/mol. The van der Waals surface area contributed by atoms with Gasteiger partial charge in [-0.2, -0.15) is 5.26 Å². The molecule has 5 rings (SSSR count). The van der Waals surface area contributed by atoms with Crippen molar-refractivity contribution in [2.24, 2.45) is 0 Å². The maximum atomic E-state index is 13.6. The third-order valence-electron chi connectivity index (χ3n) is 5.09. The number of aryl methyl sites for hydroxylation is 1. The van der Waals surface area contributed by atoms with Crippen molar-refractivity contribution >= 4 is 48.4 Å². The molecule has 0 fully saturated rings. The second-order valence-corrected chi connectivity index (χ2v) is 11.7. The van der Waals surface area contributed by atoms with Crippen molar-refractivity contribution in [3.05, 3.63) is 59.6 Å². The van der Waals surface area contributed by atoms with E-state index in [2.05, 4.69) is 15.0 Å². The molecule has 11 heteroatoms. The van der Waals surface area contributed by atoms with E-state index in [0.717, 1.165) is 15.2 Å². The van der Waals surface area contributed by atoms with Crippen molar-refractivity contribution in [1.82, 2.24) is 15.0 Å². The average Bonchev–Trinajstić information content (AvgIpc) is 3.18. The molecule has 160 valence electrons. The van der Waals surface area contributed by atoms with Crippen molar-refractivity contribution in [2.75, 3.05) is 16.6 Å². The Morgan fingerprint density at radius 1 is 1.16 bits per heavy atom. The van der Waals surface area contributed by atoms with E-state index in [1.165, 1.54) is 28.0 Å². The molecule has 1 atom stereocenters. The molecule has 0 N–H and O–H groups in total. The number of nitrogens with zero attached hydrogens (tertiary/aromatic N) is 5. The Labute approximate surface area is 191 Å². The van der Waals surface area contributed by atoms with Crippen LogP contribution in [0.1, 0.15) is 10.8 Å². The lowest BCUT2D eigenvalue weighted by Crippen LogP contribution is -2.39. The summed E-state index contributed by atoms with van der Waals surface area (Å²) in [5, 5.41) is 9.76. The fourth-order valence-electron chi connectivity index (χ4n) is 3.57. The average molecular weight is 482 g/mol. The van der Waals surface area contributed by atoms with Crippen molar-refractivity contribution in [3.8, 4) is 17.2 Å². The summed E-state index contributed by atoms with van der Waals surface area (Å²) < 4.78 is 41.9. The van der Waals surface area contributed by atoms with Crippen LogP contribution in [0.4, 0.5) is 5.69 Å². The molecule has 1 aliphatic heterocycles. The van der Waals surface area contributed by atoms with Gasteiger partial charge in [0, 0.05) is 18.0 Å². The SMILES string of the molecule is Cc1nc2ccc(S(=O)(=O)N3CC[S+]([O-])c4ccc(-c5cnc(C#N)nc5)cc43)cc2s1. The van der Waals surface area contributed by atoms with Gasteiger partial charge in [0.1, 0.15) is 17.5 Å². The Morgan fingerprint density at radius 3 is 2.69 bits per heavy atom. The Hall–Kier alpha value is -3.04. The summed E-state index contributed by atoms with van der Waals surface area (Å²) in [5.74, 6) is 0.263. The van der Waals surface area contributed by atoms with Crippen LogP contribution in [-0.2, 0) is 21.2 Å². The lowest BCUT2D eigenvalue weighted by molar-refractivity contribution is 0.583. The number of sulfonamides is 1. The van der Waals surface area contributed by atoms with Gasteiger partial charge in [-0.25, -0.2) is 23.4 Å². The first-order valence-corrected chi connectivity index (χ1v) is 13.1. The quantitative estimate of drug-likeness (QED) is 0.412. The second-order valence-electron chi connectivity index (χ2n) is 7.08. The van der Waals surface area contributed by atoms with Gasteiger partial charge in [-0.15, -0.1) is 11.3 Å². The zero-order chi connectivity index (χ0) is 22.5. The minimum Gasteiger partial charge on any atom is -0.611 e. The van der Waals surface area contributed by atoms with E-state index >= 15 is 0 Å². The van der Waals surface area contributed by atoms with E-state index in [-0.39, 0.29) is 23.0 Å². The summed E-state index contributed by atoms with van der Waals surface area (Å²) in [5.41, 5.74) is 2.43. The van der Waals surface area contributed by atoms with Gasteiger partial charge in [-0.05, 0) is 60.1 Å². The summed E-state index contributed by atoms with van der Waals surface area (Å²) >= 11 is 0.134. The largest absolute Gasteiger partial charge is 0.611 e. The summed E-state index contributed by atoms with van der Waals surface area (Å²) in [4.78, 5) is 13.0. The third kappa shape index (κ3) is 3.51. The monoisotopic (exact) mass is 481 g/mol. The number of hydrogen-bond acceptors (Lipinski definition) is 8. The van der Waals surface area contributed by atoms with Crippen molar-refractivity contribution < 1.29 is 13.0 Å². The molecule has 0 amide bonds. The number of nitriles is 1. The molecule has 4 aromatic rings. The minimum atomic E-state index is -3.89. The molecule has 2 aromatic heterocycles. The van der Waals surface area contributed by atoms with Crippen LogP contribution in [0.15, 0.2) is 58.6 Å². The molecule has 3 heterocycles. The molecule has 0 radical (unpaired) electrons. The van der Waals surface area contributed by atoms with Gasteiger partial charge in [0.25, 0.3) is 10.0 Å². The third-order valence-corrected chi connectivity index (χ3v) is 9.22. The summed E-state index contributed by atoms with van der Waals surface area (Å²) in [6, 6.07) is 11.9. The van der Waals surface area contributed by atoms with Crippen LogP contribution >= 0.6 is 11.3 Å². The van der Waals surface area contributed by atoms with Gasteiger partial charge in [-0.3, -0.25) is 4.31 Å². The van der Waals surface area contributed by atoms with E-state index in [1.807, 2.05) is 13.0 Å². The topological polar surface area (TPSA) is 123 Å². The fraction of sp³-hybridized carbons (Fsp3) is 0.143. The number of benzene rings is 2. The van der Waals surface area contributed by atoms with E-state index in [0.29, 0.717) is 21.7 Å². The molecule has 0 spiro atoms. The molecule has 0 aliphatic carbocycles. The highest BCUT2D eigenvalue weighted by Crippen LogP contribution is 2.38. The van der Waals surface area contributed by atoms with E-state index in [4.69, 9.17) is 5.26 Å². The minimum absolute atomic E-state index is 0.0470. The molecular weight excluding hydrogens is 466 g/mol. The number of anilines is 1. The maximum absolute atomic E-state index is 13.6. The summed E-state index contributed by atoms with van der Waals surface area (Å²) in [7, 11) is -3.89. The highest BCUT2D eigenvalue weighted by Gasteiger charge is 2.35. The Morgan fingerprint density at radius 2 is 1.94 bits per heavy atom. The van der Waals surface area contributed by atoms with Gasteiger partial charge in [0.05, 0.1) is 26.7 Å². The molecule has 0 bridgehead atoms. The predicted octanol–water partition coefficient (Wildman–Crippen LogP) is 3.25. The van der Waals surface area contributed by atoms with Gasteiger partial charge < -0.3 is 4.55 Å². The maximum Gasteiger partial charge on any atom is 0.264 e. The van der Waals surface area contributed by atoms with Crippen LogP contribution in [0.5, 0.6) is 0 Å². The Balaban J connectivity index is 1.61. The van der Waals surface area contributed by atoms with Crippen molar-refractivity contribution in [3.63, 3.8) is 0 Å². The first-order chi connectivity index (χ1) is 15.4. The number of aromatic nitrogens is 3. The smallest absolute Gasteiger partial charge is 0.264 e. The molecule has 1 aliphatic rings. The van der Waals surface area contributed by atoms with Gasteiger partial charge in [-0.1, -0.05) is 0 Å². The molecule has 1 unspecified atom stereocenters. The number of hydrogen-bond donors (Lipinski definition) is 0. The summed E-state index contributed by atoms with van der Waals surface area (Å²) in [6.45, 7) is 1.98. The second kappa shape index (κ2) is 7.83. The van der Waals surface area contributed by atoms with Crippen LogP contribution in [-0.4, -0.2) is 40.2 Å². The van der Waals surface area contributed by atoms with Crippen LogP contribution < -0.4 is 4.31 Å². The van der Waals surface area contributed by atoms with E-state index < -0.39 is 21.2 Å². The summed E-state index contributed by atoms with van der Waals surface area (Å²) in [6.07, 6.45) is 3.01. The fourth-order valence-corrected chi connectivity index (χ4v) is 7.38. The number of rotatable bonds is 3. The highest BCUT2D eigenvalue weighted by atomic mass is 32.2. The zero-order valence-electron chi connectivity index (χ0n) is 16.7. The van der Waals surface area contributed by atoms with E-state index in [1.54, 1.807) is 36.4 Å². The number of fused-ring (bicyclic) bond motifs is 2. The molecule has 0 saturated heterocycles. The lowest BCUT2D eigenvalue weighted by atomic mass is 10.1. The van der Waals surface area contributed by atoms with Gasteiger partial charge in [0.2, 0.25) is 5.82 Å². The van der Waals surface area contributed by atoms with Gasteiger partial charge >= 0.3 is 0 Å². The number of thiazole rings is 1. The van der Waals surface area contributed by atoms with Crippen molar-refractivity contribution in [1.29, 1.82) is 5.26 Å². The van der Waals surface area contributed by atoms with E-state index in [9.17, 15) is 13.0 Å². The molecule has 8 nitrogen and oxygen atoms in total. The van der Waals surface area contributed by atoms with Crippen LogP contribution in [0.3, 0.4) is 0 Å². The highest BCUT2D eigenvalue weighted by molar-refractivity contribution is 7.94. The molecule has 0 saturated carbocycles. The normalized spacial score (nSPS) is 16.0. The van der Waals surface area contributed by atoms with Crippen molar-refractivity contribution in [2.45, 2.75) is 16.7 Å². The lowest BCUT2D eigenvalue weighted by Gasteiger charge is -2.31. The first kappa shape index (κ1) is 20.8.